The highest BCUT2D eigenvalue weighted by molar-refractivity contribution is 5.77. The van der Waals surface area contributed by atoms with Crippen LogP contribution < -0.4 is 5.73 Å². The van der Waals surface area contributed by atoms with Crippen molar-refractivity contribution in [2.24, 2.45) is 5.73 Å². The summed E-state index contributed by atoms with van der Waals surface area (Å²) >= 11 is 0. The number of aromatic nitrogens is 2. The topological polar surface area (TPSA) is 54.7 Å². The second kappa shape index (κ2) is 4.88. The summed E-state index contributed by atoms with van der Waals surface area (Å²) in [5, 5.41) is 0. The highest BCUT2D eigenvalue weighted by Gasteiger charge is 2.13. The van der Waals surface area contributed by atoms with Gasteiger partial charge in [-0.05, 0) is 43.5 Å². The van der Waals surface area contributed by atoms with Crippen LogP contribution in [0.4, 0.5) is 0 Å². The third-order valence-electron chi connectivity index (χ3n) is 3.42. The molecule has 1 heterocycles. The predicted octanol–water partition coefficient (Wildman–Crippen LogP) is 3.02. The summed E-state index contributed by atoms with van der Waals surface area (Å²) in [5.74, 6) is 1.39. The molecule has 0 aliphatic rings. The molecule has 3 N–H and O–H groups in total. The van der Waals surface area contributed by atoms with Crippen LogP contribution in [0.25, 0.3) is 11.0 Å². The minimum Gasteiger partial charge on any atom is -0.342 e. The van der Waals surface area contributed by atoms with Crippen LogP contribution >= 0.6 is 0 Å². The number of aromatic amines is 1. The van der Waals surface area contributed by atoms with Gasteiger partial charge in [-0.15, -0.1) is 0 Å². The summed E-state index contributed by atoms with van der Waals surface area (Å²) in [4.78, 5) is 8.08. The minimum absolute atomic E-state index is 0.355. The van der Waals surface area contributed by atoms with Gasteiger partial charge in [-0.3, -0.25) is 0 Å². The lowest BCUT2D eigenvalue weighted by Gasteiger charge is -2.09. The van der Waals surface area contributed by atoms with Crippen molar-refractivity contribution in [3.63, 3.8) is 0 Å². The van der Waals surface area contributed by atoms with E-state index in [1.54, 1.807) is 0 Å². The van der Waals surface area contributed by atoms with E-state index in [-0.39, 0.29) is 0 Å². The number of nitrogens with zero attached hydrogens (tertiary/aromatic N) is 1. The Morgan fingerprint density at radius 1 is 1.29 bits per heavy atom. The molecule has 92 valence electrons. The number of nitrogens with one attached hydrogen (secondary N) is 1. The number of fused-ring (bicyclic) bond motifs is 1. The molecule has 3 heteroatoms. The lowest BCUT2D eigenvalue weighted by atomic mass is 10.0. The first kappa shape index (κ1) is 12.1. The quantitative estimate of drug-likeness (QED) is 0.849. The first-order valence-corrected chi connectivity index (χ1v) is 6.32. The maximum Gasteiger partial charge on any atom is 0.111 e. The average Bonchev–Trinajstić information content (AvgIpc) is 2.69. The Kier molecular flexibility index (Phi) is 3.48. The molecule has 0 fully saturated rings. The maximum atomic E-state index is 5.81. The van der Waals surface area contributed by atoms with Crippen molar-refractivity contribution < 1.29 is 0 Å². The lowest BCUT2D eigenvalue weighted by molar-refractivity contribution is 0.596. The van der Waals surface area contributed by atoms with E-state index in [1.165, 1.54) is 11.1 Å². The van der Waals surface area contributed by atoms with Crippen LogP contribution in [-0.2, 0) is 0 Å². The smallest absolute Gasteiger partial charge is 0.111 e. The van der Waals surface area contributed by atoms with Gasteiger partial charge in [0.15, 0.2) is 0 Å². The van der Waals surface area contributed by atoms with Crippen molar-refractivity contribution in [3.05, 3.63) is 29.1 Å². The van der Waals surface area contributed by atoms with Crippen LogP contribution in [0.3, 0.4) is 0 Å². The maximum absolute atomic E-state index is 5.81. The fraction of sp³-hybridized carbons (Fsp3) is 0.500. The molecule has 1 unspecified atom stereocenters. The summed E-state index contributed by atoms with van der Waals surface area (Å²) in [7, 11) is 0. The largest absolute Gasteiger partial charge is 0.342 e. The first-order chi connectivity index (χ1) is 8.15. The molecule has 0 radical (unpaired) electrons. The zero-order valence-electron chi connectivity index (χ0n) is 10.9. The monoisotopic (exact) mass is 231 g/mol. The van der Waals surface area contributed by atoms with E-state index < -0.39 is 0 Å². The van der Waals surface area contributed by atoms with Gasteiger partial charge in [0, 0.05) is 12.5 Å². The molecule has 0 spiro atoms. The molecule has 0 aliphatic carbocycles. The van der Waals surface area contributed by atoms with Gasteiger partial charge in [-0.25, -0.2) is 4.98 Å². The van der Waals surface area contributed by atoms with E-state index in [0.717, 1.165) is 29.7 Å². The van der Waals surface area contributed by atoms with Crippen molar-refractivity contribution in [2.45, 2.75) is 39.5 Å². The summed E-state index contributed by atoms with van der Waals surface area (Å²) < 4.78 is 0. The molecule has 17 heavy (non-hydrogen) atoms. The molecule has 2 aromatic rings. The van der Waals surface area contributed by atoms with Gasteiger partial charge in [0.2, 0.25) is 0 Å². The highest BCUT2D eigenvalue weighted by atomic mass is 14.9. The third-order valence-corrected chi connectivity index (χ3v) is 3.42. The van der Waals surface area contributed by atoms with Gasteiger partial charge < -0.3 is 10.7 Å². The van der Waals surface area contributed by atoms with Gasteiger partial charge in [0.1, 0.15) is 5.82 Å². The minimum atomic E-state index is 0.355. The van der Waals surface area contributed by atoms with Gasteiger partial charge in [-0.1, -0.05) is 13.3 Å². The molecule has 1 atom stereocenters. The van der Waals surface area contributed by atoms with Crippen LogP contribution in [0.1, 0.15) is 42.6 Å². The summed E-state index contributed by atoms with van der Waals surface area (Å²) in [5.41, 5.74) is 10.6. The molecular formula is C14H21N3. The SMILES string of the molecule is CCCC(CN)c1nc2cc(C)c(C)cc2[nH]1. The number of rotatable bonds is 4. The number of benzene rings is 1. The highest BCUT2D eigenvalue weighted by Crippen LogP contribution is 2.23. The zero-order valence-corrected chi connectivity index (χ0v) is 10.9. The number of hydrogen-bond acceptors (Lipinski definition) is 2. The van der Waals surface area contributed by atoms with Crippen molar-refractivity contribution in [1.29, 1.82) is 0 Å². The van der Waals surface area contributed by atoms with E-state index >= 15 is 0 Å². The fourth-order valence-electron chi connectivity index (χ4n) is 2.20. The van der Waals surface area contributed by atoms with Crippen LogP contribution in [0.5, 0.6) is 0 Å². The predicted molar refractivity (Wildman–Crippen MR) is 72.3 cm³/mol. The molecule has 2 rings (SSSR count). The molecule has 1 aromatic heterocycles. The molecule has 0 aliphatic heterocycles. The molecule has 0 saturated carbocycles. The Morgan fingerprint density at radius 3 is 2.65 bits per heavy atom. The van der Waals surface area contributed by atoms with E-state index in [9.17, 15) is 0 Å². The Balaban J connectivity index is 2.43. The fourth-order valence-corrected chi connectivity index (χ4v) is 2.20. The van der Waals surface area contributed by atoms with Crippen molar-refractivity contribution in [2.75, 3.05) is 6.54 Å². The number of aryl methyl sites for hydroxylation is 2. The van der Waals surface area contributed by atoms with Gasteiger partial charge >= 0.3 is 0 Å². The Bertz CT molecular complexity index is 474. The summed E-state index contributed by atoms with van der Waals surface area (Å²) in [6.07, 6.45) is 2.23. The van der Waals surface area contributed by atoms with Crippen LogP contribution in [0.2, 0.25) is 0 Å². The number of H-pyrrole nitrogens is 1. The summed E-state index contributed by atoms with van der Waals surface area (Å²) in [6, 6.07) is 4.31. The molecule has 3 nitrogen and oxygen atoms in total. The molecule has 0 bridgehead atoms. The third kappa shape index (κ3) is 2.34. The number of nitrogens with two attached hydrogens (primary N) is 1. The second-order valence-corrected chi connectivity index (χ2v) is 4.80. The summed E-state index contributed by atoms with van der Waals surface area (Å²) in [6.45, 7) is 7.09. The first-order valence-electron chi connectivity index (χ1n) is 6.32. The van der Waals surface area contributed by atoms with E-state index in [0.29, 0.717) is 12.5 Å². The van der Waals surface area contributed by atoms with Crippen LogP contribution in [0.15, 0.2) is 12.1 Å². The van der Waals surface area contributed by atoms with Crippen molar-refractivity contribution in [3.8, 4) is 0 Å². The molecule has 0 amide bonds. The average molecular weight is 231 g/mol. The normalized spacial score (nSPS) is 13.2. The molecule has 1 aromatic carbocycles. The Hall–Kier alpha value is -1.35. The van der Waals surface area contributed by atoms with Gasteiger partial charge in [0.25, 0.3) is 0 Å². The molecular weight excluding hydrogens is 210 g/mol. The van der Waals surface area contributed by atoms with Crippen molar-refractivity contribution in [1.82, 2.24) is 9.97 Å². The van der Waals surface area contributed by atoms with Crippen molar-refractivity contribution >= 4 is 11.0 Å². The van der Waals surface area contributed by atoms with Gasteiger partial charge in [0.05, 0.1) is 11.0 Å². The Labute approximate surface area is 102 Å². The van der Waals surface area contributed by atoms with Gasteiger partial charge in [-0.2, -0.15) is 0 Å². The van der Waals surface area contributed by atoms with E-state index in [4.69, 9.17) is 5.73 Å². The zero-order chi connectivity index (χ0) is 12.4. The van der Waals surface area contributed by atoms with E-state index in [1.807, 2.05) is 0 Å². The molecule has 0 saturated heterocycles. The lowest BCUT2D eigenvalue weighted by Crippen LogP contribution is -2.13. The van der Waals surface area contributed by atoms with Crippen LogP contribution in [0, 0.1) is 13.8 Å². The number of imidazole rings is 1. The standard InChI is InChI=1S/C14H21N3/c1-4-5-11(8-15)14-16-12-6-9(2)10(3)7-13(12)17-14/h6-7,11H,4-5,8,15H2,1-3H3,(H,16,17). The van der Waals surface area contributed by atoms with E-state index in [2.05, 4.69) is 42.9 Å². The Morgan fingerprint density at radius 2 is 2.00 bits per heavy atom. The second-order valence-electron chi connectivity index (χ2n) is 4.80. The van der Waals surface area contributed by atoms with Crippen LogP contribution in [-0.4, -0.2) is 16.5 Å². The number of hydrogen-bond donors (Lipinski definition) is 2.